The first-order valence-corrected chi connectivity index (χ1v) is 16.8. The Balaban J connectivity index is 0.000000761. The maximum absolute atomic E-state index is 12.1. The van der Waals surface area contributed by atoms with E-state index < -0.39 is 17.9 Å². The van der Waals surface area contributed by atoms with E-state index in [0.29, 0.717) is 11.1 Å². The van der Waals surface area contributed by atoms with E-state index >= 15 is 0 Å². The van der Waals surface area contributed by atoms with Gasteiger partial charge in [-0.05, 0) is 66.3 Å². The second-order valence-corrected chi connectivity index (χ2v) is 12.6. The van der Waals surface area contributed by atoms with E-state index in [2.05, 4.69) is 79.2 Å². The van der Waals surface area contributed by atoms with Crippen LogP contribution in [0.1, 0.15) is 94.5 Å². The van der Waals surface area contributed by atoms with Gasteiger partial charge in [-0.15, -0.1) is 0 Å². The lowest BCUT2D eigenvalue weighted by Crippen LogP contribution is -2.47. The highest BCUT2D eigenvalue weighted by molar-refractivity contribution is 5.98. The molecule has 0 fully saturated rings. The second-order valence-electron chi connectivity index (χ2n) is 12.6. The molecule has 12 nitrogen and oxygen atoms in total. The molecule has 0 aliphatic rings. The summed E-state index contributed by atoms with van der Waals surface area (Å²) >= 11 is 0. The Hall–Kier alpha value is -5.26. The third kappa shape index (κ3) is 18.3. The smallest absolute Gasteiger partial charge is 0.251 e. The number of primary amides is 2. The van der Waals surface area contributed by atoms with E-state index in [4.69, 9.17) is 11.5 Å². The summed E-state index contributed by atoms with van der Waals surface area (Å²) in [5, 5.41) is 8.04. The number of imidazole rings is 1. The fourth-order valence-electron chi connectivity index (χ4n) is 4.39. The lowest BCUT2D eigenvalue weighted by molar-refractivity contribution is -0.120. The molecule has 1 unspecified atom stereocenters. The van der Waals surface area contributed by atoms with Crippen molar-refractivity contribution in [3.8, 4) is 11.3 Å². The second kappa shape index (κ2) is 24.8. The molecule has 1 atom stereocenters. The normalized spacial score (nSPS) is 11.1. The highest BCUT2D eigenvalue weighted by Gasteiger charge is 2.22. The van der Waals surface area contributed by atoms with Gasteiger partial charge in [-0.2, -0.15) is 0 Å². The molecule has 1 heterocycles. The molecule has 0 saturated heterocycles. The van der Waals surface area contributed by atoms with Gasteiger partial charge < -0.3 is 32.4 Å². The van der Waals surface area contributed by atoms with Crippen LogP contribution in [0.2, 0.25) is 0 Å². The highest BCUT2D eigenvalue weighted by Crippen LogP contribution is 2.17. The standard InChI is InChI=1S/C15H18N4O2.C13H16N4O2.C7H16.C3H8/c1-9(2)13(14(16)20)19-15(21)11-5-3-10(4-6-11)12-7-17-8-18-12;1-15-7-11(16-2)9-3-5-10(6-4-9)13(19)17-8-12(14)18;1-6(2)5-7(3)4;1-3-2/h3-9,13H,1-2H3,(H2,16,20)(H,17,18)(H,19,21);3-7,16H,1,8H2,2H3,(H2,14,18)(H,17,19);6-7H,5H2,1-4H3;3H2,1-2H3/b;11-7-;;. The van der Waals surface area contributed by atoms with Crippen LogP contribution in [0.4, 0.5) is 0 Å². The number of hydrogen-bond acceptors (Lipinski definition) is 7. The van der Waals surface area contributed by atoms with Gasteiger partial charge in [0.05, 0.1) is 30.5 Å². The van der Waals surface area contributed by atoms with Crippen molar-refractivity contribution >= 4 is 36.0 Å². The SMILES string of the molecule is C=N/C=C(\NC)c1ccc(C(=O)NCC(N)=O)cc1.CC(C)C(NC(=O)c1ccc(-c2cnc[nH]2)cc1)C(N)=O.CC(C)CC(C)C.CCC. The summed E-state index contributed by atoms with van der Waals surface area (Å²) in [6.07, 6.45) is 7.50. The maximum atomic E-state index is 12.1. The van der Waals surface area contributed by atoms with Crippen molar-refractivity contribution in [1.82, 2.24) is 25.9 Å². The third-order valence-electron chi connectivity index (χ3n) is 6.53. The molecule has 50 heavy (non-hydrogen) atoms. The number of nitrogens with two attached hydrogens (primary N) is 2. The summed E-state index contributed by atoms with van der Waals surface area (Å²) in [5.74, 6) is -0.0866. The zero-order chi connectivity index (χ0) is 38.2. The summed E-state index contributed by atoms with van der Waals surface area (Å²) in [6.45, 7) is 20.2. The van der Waals surface area contributed by atoms with Crippen molar-refractivity contribution in [2.75, 3.05) is 13.6 Å². The van der Waals surface area contributed by atoms with Crippen molar-refractivity contribution in [3.05, 3.63) is 83.9 Å². The number of amides is 4. The van der Waals surface area contributed by atoms with E-state index in [-0.39, 0.29) is 24.3 Å². The molecule has 4 amide bonds. The largest absolute Gasteiger partial charge is 0.386 e. The first-order chi connectivity index (χ1) is 23.6. The average Bonchev–Trinajstić information content (AvgIpc) is 3.60. The lowest BCUT2D eigenvalue weighted by Gasteiger charge is -2.18. The number of carbonyl (C=O) groups excluding carboxylic acids is 4. The molecular weight excluding hydrogens is 632 g/mol. The van der Waals surface area contributed by atoms with Crippen molar-refractivity contribution in [1.29, 1.82) is 0 Å². The molecule has 0 spiro atoms. The number of H-pyrrole nitrogens is 1. The number of aromatic amines is 1. The van der Waals surface area contributed by atoms with Gasteiger partial charge >= 0.3 is 0 Å². The van der Waals surface area contributed by atoms with Crippen LogP contribution >= 0.6 is 0 Å². The quantitative estimate of drug-likeness (QED) is 0.127. The van der Waals surface area contributed by atoms with E-state index in [1.807, 2.05) is 26.0 Å². The first-order valence-electron chi connectivity index (χ1n) is 16.8. The minimum Gasteiger partial charge on any atom is -0.386 e. The van der Waals surface area contributed by atoms with Crippen LogP contribution in [0.3, 0.4) is 0 Å². The molecule has 0 bridgehead atoms. The number of nitrogens with zero attached hydrogens (tertiary/aromatic N) is 2. The molecule has 3 aromatic rings. The number of rotatable bonds is 13. The van der Waals surface area contributed by atoms with Crippen LogP contribution in [0.15, 0.2) is 72.2 Å². The zero-order valence-electron chi connectivity index (χ0n) is 31.2. The van der Waals surface area contributed by atoms with Crippen LogP contribution in [-0.2, 0) is 9.59 Å². The minimum atomic E-state index is -0.676. The Kier molecular flexibility index (Phi) is 22.2. The predicted molar refractivity (Wildman–Crippen MR) is 204 cm³/mol. The number of hydrogen-bond donors (Lipinski definition) is 6. The van der Waals surface area contributed by atoms with Crippen molar-refractivity contribution in [3.63, 3.8) is 0 Å². The first kappa shape index (κ1) is 44.7. The molecule has 0 aliphatic carbocycles. The van der Waals surface area contributed by atoms with Crippen LogP contribution in [0.5, 0.6) is 0 Å². The number of carbonyl (C=O) groups is 4. The molecule has 0 saturated carbocycles. The molecule has 8 N–H and O–H groups in total. The molecule has 3 rings (SSSR count). The number of aliphatic imine (C=N–C) groups is 1. The third-order valence-corrected chi connectivity index (χ3v) is 6.53. The molecule has 274 valence electrons. The van der Waals surface area contributed by atoms with Gasteiger partial charge in [-0.3, -0.25) is 24.2 Å². The Bertz CT molecular complexity index is 1460. The fraction of sp³-hybridized carbons (Fsp3) is 0.421. The molecule has 0 radical (unpaired) electrons. The molecule has 12 heteroatoms. The van der Waals surface area contributed by atoms with Gasteiger partial charge in [0.2, 0.25) is 11.8 Å². The van der Waals surface area contributed by atoms with Gasteiger partial charge in [0, 0.05) is 24.4 Å². The molecule has 2 aromatic carbocycles. The van der Waals surface area contributed by atoms with Gasteiger partial charge in [-0.25, -0.2) is 4.98 Å². The van der Waals surface area contributed by atoms with Gasteiger partial charge in [-0.1, -0.05) is 86.1 Å². The Labute approximate surface area is 298 Å². The summed E-state index contributed by atoms with van der Waals surface area (Å²) in [5.41, 5.74) is 14.6. The van der Waals surface area contributed by atoms with Crippen LogP contribution in [0.25, 0.3) is 17.0 Å². The van der Waals surface area contributed by atoms with Crippen molar-refractivity contribution in [2.24, 2.45) is 34.2 Å². The fourth-order valence-corrected chi connectivity index (χ4v) is 4.39. The van der Waals surface area contributed by atoms with E-state index in [1.54, 1.807) is 62.2 Å². The Morgan fingerprint density at radius 2 is 1.36 bits per heavy atom. The van der Waals surface area contributed by atoms with E-state index in [0.717, 1.165) is 34.4 Å². The zero-order valence-corrected chi connectivity index (χ0v) is 31.2. The van der Waals surface area contributed by atoms with Gasteiger partial charge in [0.25, 0.3) is 11.8 Å². The Morgan fingerprint density at radius 3 is 1.74 bits per heavy atom. The molecular formula is C38H58N8O4. The van der Waals surface area contributed by atoms with Gasteiger partial charge in [0.1, 0.15) is 6.04 Å². The van der Waals surface area contributed by atoms with E-state index in [1.165, 1.54) is 12.8 Å². The average molecular weight is 691 g/mol. The van der Waals surface area contributed by atoms with Crippen LogP contribution in [-0.4, -0.2) is 59.9 Å². The number of benzene rings is 2. The number of aromatic nitrogens is 2. The molecule has 1 aromatic heterocycles. The predicted octanol–water partition coefficient (Wildman–Crippen LogP) is 5.54. The minimum absolute atomic E-state index is 0.0595. The van der Waals surface area contributed by atoms with Crippen LogP contribution in [0, 0.1) is 17.8 Å². The van der Waals surface area contributed by atoms with E-state index in [9.17, 15) is 19.2 Å². The topological polar surface area (TPSA) is 197 Å². The van der Waals surface area contributed by atoms with Crippen LogP contribution < -0.4 is 27.4 Å². The summed E-state index contributed by atoms with van der Waals surface area (Å²) < 4.78 is 0. The highest BCUT2D eigenvalue weighted by atomic mass is 16.2. The van der Waals surface area contributed by atoms with Crippen molar-refractivity contribution in [2.45, 2.75) is 74.3 Å². The maximum Gasteiger partial charge on any atom is 0.251 e. The van der Waals surface area contributed by atoms with Gasteiger partial charge in [0.15, 0.2) is 0 Å². The lowest BCUT2D eigenvalue weighted by atomic mass is 10.0. The molecule has 0 aliphatic heterocycles. The Morgan fingerprint density at radius 1 is 0.860 bits per heavy atom. The monoisotopic (exact) mass is 690 g/mol. The summed E-state index contributed by atoms with van der Waals surface area (Å²) in [7, 11) is 1.77. The number of nitrogens with one attached hydrogen (secondary N) is 4. The summed E-state index contributed by atoms with van der Waals surface area (Å²) in [4.78, 5) is 56.3. The van der Waals surface area contributed by atoms with Crippen molar-refractivity contribution < 1.29 is 19.2 Å². The summed E-state index contributed by atoms with van der Waals surface area (Å²) in [6, 6.07) is 13.2.